The Morgan fingerprint density at radius 1 is 0.929 bits per heavy atom. The van der Waals surface area contributed by atoms with Crippen molar-refractivity contribution in [3.63, 3.8) is 0 Å². The average Bonchev–Trinajstić information content (AvgIpc) is 2.68. The molecule has 0 aliphatic heterocycles. The third kappa shape index (κ3) is 5.39. The van der Waals surface area contributed by atoms with Gasteiger partial charge >= 0.3 is 0 Å². The van der Waals surface area contributed by atoms with E-state index in [9.17, 15) is 4.79 Å². The van der Waals surface area contributed by atoms with Crippen molar-refractivity contribution in [2.75, 3.05) is 27.9 Å². The predicted octanol–water partition coefficient (Wildman–Crippen LogP) is 3.25. The van der Waals surface area contributed by atoms with E-state index < -0.39 is 0 Å². The van der Waals surface area contributed by atoms with Gasteiger partial charge in [-0.05, 0) is 56.2 Å². The smallest absolute Gasteiger partial charge is 0.277 e. The van der Waals surface area contributed by atoms with Crippen LogP contribution in [0.5, 0.6) is 23.0 Å². The predicted molar refractivity (Wildman–Crippen MR) is 108 cm³/mol. The first-order valence-electron chi connectivity index (χ1n) is 8.72. The van der Waals surface area contributed by atoms with Crippen molar-refractivity contribution in [3.05, 3.63) is 47.0 Å². The summed E-state index contributed by atoms with van der Waals surface area (Å²) >= 11 is 0. The number of hydrogen-bond donors (Lipinski definition) is 1. The summed E-state index contributed by atoms with van der Waals surface area (Å²) in [5, 5.41) is 4.13. The molecule has 1 N–H and O–H groups in total. The second-order valence-corrected chi connectivity index (χ2v) is 6.26. The van der Waals surface area contributed by atoms with Crippen LogP contribution in [0, 0.1) is 13.8 Å². The number of methoxy groups -OCH3 is 3. The normalized spacial score (nSPS) is 11.0. The van der Waals surface area contributed by atoms with E-state index in [1.54, 1.807) is 33.3 Å². The summed E-state index contributed by atoms with van der Waals surface area (Å²) in [5.41, 5.74) is 5.96. The van der Waals surface area contributed by atoms with Crippen molar-refractivity contribution in [1.29, 1.82) is 0 Å². The minimum atomic E-state index is -0.356. The lowest BCUT2D eigenvalue weighted by atomic mass is 10.1. The molecule has 7 heteroatoms. The highest BCUT2D eigenvalue weighted by Crippen LogP contribution is 2.38. The Kier molecular flexibility index (Phi) is 7.26. The molecule has 0 atom stereocenters. The van der Waals surface area contributed by atoms with Gasteiger partial charge in [0.1, 0.15) is 5.75 Å². The highest BCUT2D eigenvalue weighted by atomic mass is 16.5. The minimum absolute atomic E-state index is 0.130. The summed E-state index contributed by atoms with van der Waals surface area (Å²) in [6.45, 7) is 5.59. The molecule has 150 valence electrons. The van der Waals surface area contributed by atoms with E-state index in [1.165, 1.54) is 7.11 Å². The molecule has 0 bridgehead atoms. The van der Waals surface area contributed by atoms with Crippen LogP contribution in [0.2, 0.25) is 0 Å². The topological polar surface area (TPSA) is 78.4 Å². The molecular formula is C21H26N2O5. The zero-order valence-corrected chi connectivity index (χ0v) is 17.1. The van der Waals surface area contributed by atoms with Gasteiger partial charge in [-0.3, -0.25) is 4.79 Å². The second-order valence-electron chi connectivity index (χ2n) is 6.26. The maximum atomic E-state index is 12.1. The molecule has 1 amide bonds. The average molecular weight is 386 g/mol. The lowest BCUT2D eigenvalue weighted by molar-refractivity contribution is -0.123. The van der Waals surface area contributed by atoms with Crippen LogP contribution in [0.3, 0.4) is 0 Å². The van der Waals surface area contributed by atoms with Gasteiger partial charge in [0.2, 0.25) is 5.75 Å². The van der Waals surface area contributed by atoms with Crippen molar-refractivity contribution in [1.82, 2.24) is 5.43 Å². The number of amides is 1. The molecule has 0 heterocycles. The van der Waals surface area contributed by atoms with Gasteiger partial charge in [-0.2, -0.15) is 5.10 Å². The molecule has 0 fully saturated rings. The number of ether oxygens (including phenoxy) is 4. The van der Waals surface area contributed by atoms with Crippen molar-refractivity contribution < 1.29 is 23.7 Å². The van der Waals surface area contributed by atoms with E-state index in [4.69, 9.17) is 18.9 Å². The van der Waals surface area contributed by atoms with Gasteiger partial charge in [0, 0.05) is 5.56 Å². The first-order chi connectivity index (χ1) is 13.4. The van der Waals surface area contributed by atoms with Crippen LogP contribution in [0.1, 0.15) is 23.6 Å². The minimum Gasteiger partial charge on any atom is -0.493 e. The quantitative estimate of drug-likeness (QED) is 0.557. The Morgan fingerprint density at radius 2 is 1.50 bits per heavy atom. The van der Waals surface area contributed by atoms with Gasteiger partial charge in [-0.1, -0.05) is 6.07 Å². The standard InChI is InChI=1S/C21H26N2O5/c1-13-7-14(2)9-17(8-13)28-12-20(24)23-22-15(3)16-10-18(25-4)21(27-6)19(11-16)26-5/h7-11H,12H2,1-6H3,(H,23,24). The molecule has 0 aromatic heterocycles. The Bertz CT molecular complexity index is 832. The van der Waals surface area contributed by atoms with Gasteiger partial charge in [-0.25, -0.2) is 5.43 Å². The van der Waals surface area contributed by atoms with E-state index in [2.05, 4.69) is 10.5 Å². The Labute approximate surface area is 165 Å². The Hall–Kier alpha value is -3.22. The number of carbonyl (C=O) groups is 1. The summed E-state index contributed by atoms with van der Waals surface area (Å²) in [5.74, 6) is 1.81. The van der Waals surface area contributed by atoms with Crippen LogP contribution in [0.4, 0.5) is 0 Å². The molecule has 28 heavy (non-hydrogen) atoms. The van der Waals surface area contributed by atoms with Crippen LogP contribution < -0.4 is 24.4 Å². The molecule has 0 saturated heterocycles. The number of aryl methyl sites for hydroxylation is 2. The fourth-order valence-electron chi connectivity index (χ4n) is 2.70. The van der Waals surface area contributed by atoms with Crippen LogP contribution in [-0.4, -0.2) is 39.6 Å². The number of hydrogen-bond acceptors (Lipinski definition) is 6. The second kappa shape index (κ2) is 9.64. The zero-order valence-electron chi connectivity index (χ0n) is 17.1. The summed E-state index contributed by atoms with van der Waals surface area (Å²) < 4.78 is 21.5. The highest BCUT2D eigenvalue weighted by molar-refractivity contribution is 6.00. The summed E-state index contributed by atoms with van der Waals surface area (Å²) in [7, 11) is 4.62. The van der Waals surface area contributed by atoms with Gasteiger partial charge in [-0.15, -0.1) is 0 Å². The zero-order chi connectivity index (χ0) is 20.7. The van der Waals surface area contributed by atoms with E-state index in [-0.39, 0.29) is 12.5 Å². The molecule has 0 unspecified atom stereocenters. The van der Waals surface area contributed by atoms with E-state index in [0.717, 1.165) is 16.7 Å². The first kappa shape index (κ1) is 21.1. The van der Waals surface area contributed by atoms with E-state index in [1.807, 2.05) is 32.0 Å². The van der Waals surface area contributed by atoms with Crippen molar-refractivity contribution >= 4 is 11.6 Å². The Balaban J connectivity index is 2.06. The molecule has 0 radical (unpaired) electrons. The molecule has 0 aliphatic rings. The summed E-state index contributed by atoms with van der Waals surface area (Å²) in [6, 6.07) is 9.32. The van der Waals surface area contributed by atoms with Crippen molar-refractivity contribution in [2.24, 2.45) is 5.10 Å². The third-order valence-corrected chi connectivity index (χ3v) is 4.00. The van der Waals surface area contributed by atoms with Gasteiger partial charge < -0.3 is 18.9 Å². The number of carbonyl (C=O) groups excluding carboxylic acids is 1. The number of nitrogens with zero attached hydrogens (tertiary/aromatic N) is 1. The third-order valence-electron chi connectivity index (χ3n) is 4.00. The summed E-state index contributed by atoms with van der Waals surface area (Å²) in [4.78, 5) is 12.1. The molecule has 2 rings (SSSR count). The number of benzene rings is 2. The van der Waals surface area contributed by atoms with Crippen LogP contribution in [0.15, 0.2) is 35.4 Å². The van der Waals surface area contributed by atoms with Crippen LogP contribution in [0.25, 0.3) is 0 Å². The van der Waals surface area contributed by atoms with Crippen molar-refractivity contribution in [3.8, 4) is 23.0 Å². The molecule has 7 nitrogen and oxygen atoms in total. The monoisotopic (exact) mass is 386 g/mol. The first-order valence-corrected chi connectivity index (χ1v) is 8.72. The molecule has 0 saturated carbocycles. The maximum Gasteiger partial charge on any atom is 0.277 e. The Morgan fingerprint density at radius 3 is 2.00 bits per heavy atom. The molecule has 0 spiro atoms. The number of rotatable bonds is 8. The van der Waals surface area contributed by atoms with Crippen LogP contribution >= 0.6 is 0 Å². The fraction of sp³-hybridized carbons (Fsp3) is 0.333. The maximum absolute atomic E-state index is 12.1. The van der Waals surface area contributed by atoms with E-state index in [0.29, 0.717) is 28.7 Å². The van der Waals surface area contributed by atoms with E-state index >= 15 is 0 Å². The largest absolute Gasteiger partial charge is 0.493 e. The molecule has 0 aliphatic carbocycles. The highest BCUT2D eigenvalue weighted by Gasteiger charge is 2.14. The SMILES string of the molecule is COc1cc(C(C)=NNC(=O)COc2cc(C)cc(C)c2)cc(OC)c1OC. The molecule has 2 aromatic rings. The lowest BCUT2D eigenvalue weighted by Gasteiger charge is -2.14. The lowest BCUT2D eigenvalue weighted by Crippen LogP contribution is -2.25. The molecule has 2 aromatic carbocycles. The van der Waals surface area contributed by atoms with Gasteiger partial charge in [0.05, 0.1) is 27.0 Å². The van der Waals surface area contributed by atoms with Gasteiger partial charge in [0.25, 0.3) is 5.91 Å². The van der Waals surface area contributed by atoms with Crippen molar-refractivity contribution in [2.45, 2.75) is 20.8 Å². The van der Waals surface area contributed by atoms with Gasteiger partial charge in [0.15, 0.2) is 18.1 Å². The fourth-order valence-corrected chi connectivity index (χ4v) is 2.70. The number of nitrogens with one attached hydrogen (secondary N) is 1. The van der Waals surface area contributed by atoms with Crippen LogP contribution in [-0.2, 0) is 4.79 Å². The number of hydrazone groups is 1. The molecular weight excluding hydrogens is 360 g/mol. The summed E-state index contributed by atoms with van der Waals surface area (Å²) in [6.07, 6.45) is 0.